The van der Waals surface area contributed by atoms with Gasteiger partial charge >= 0.3 is 6.36 Å². The first-order chi connectivity index (χ1) is 16.2. The molecule has 0 fully saturated rings. The van der Waals surface area contributed by atoms with Crippen LogP contribution in [0.4, 0.5) is 22.0 Å². The summed E-state index contributed by atoms with van der Waals surface area (Å²) >= 11 is 0. The van der Waals surface area contributed by atoms with Gasteiger partial charge < -0.3 is 4.74 Å². The van der Waals surface area contributed by atoms with Gasteiger partial charge in [-0.2, -0.15) is 0 Å². The van der Waals surface area contributed by atoms with E-state index >= 15 is 0 Å². The van der Waals surface area contributed by atoms with E-state index in [-0.39, 0.29) is 17.4 Å². The third-order valence-corrected chi connectivity index (χ3v) is 5.53. The van der Waals surface area contributed by atoms with E-state index in [1.54, 1.807) is 12.2 Å². The van der Waals surface area contributed by atoms with Crippen LogP contribution in [-0.2, 0) is 4.74 Å². The summed E-state index contributed by atoms with van der Waals surface area (Å²) in [5.74, 6) is -1.52. The van der Waals surface area contributed by atoms with Crippen LogP contribution >= 0.6 is 0 Å². The number of benzene rings is 1. The van der Waals surface area contributed by atoms with Crippen LogP contribution in [-0.4, -0.2) is 18.1 Å². The number of ether oxygens (including phenoxy) is 1. The fourth-order valence-electron chi connectivity index (χ4n) is 3.87. The predicted molar refractivity (Wildman–Crippen MR) is 124 cm³/mol. The molecule has 34 heavy (non-hydrogen) atoms. The van der Waals surface area contributed by atoms with E-state index in [1.807, 2.05) is 38.2 Å². The third-order valence-electron chi connectivity index (χ3n) is 5.53. The molecule has 1 heterocycles. The second-order valence-electron chi connectivity index (χ2n) is 8.01. The average molecular weight is 476 g/mol. The van der Waals surface area contributed by atoms with Crippen molar-refractivity contribution in [2.75, 3.05) is 0 Å². The molecule has 1 atom stereocenters. The van der Waals surface area contributed by atoms with E-state index in [2.05, 4.69) is 9.73 Å². The lowest BCUT2D eigenvalue weighted by atomic mass is 9.97. The Kier molecular flexibility index (Phi) is 8.42. The van der Waals surface area contributed by atoms with Gasteiger partial charge in [0.05, 0.1) is 11.6 Å². The van der Waals surface area contributed by atoms with Crippen LogP contribution in [0.25, 0.3) is 0 Å². The fraction of sp³-hybridized carbons (Fsp3) is 0.296. The summed E-state index contributed by atoms with van der Waals surface area (Å²) in [5, 5.41) is 0. The molecule has 1 aliphatic carbocycles. The molecule has 2 nitrogen and oxygen atoms in total. The maximum Gasteiger partial charge on any atom is 0.573 e. The van der Waals surface area contributed by atoms with Gasteiger partial charge in [-0.25, -0.2) is 8.78 Å². The molecule has 0 spiro atoms. The molecular formula is C27H26F5NO. The molecule has 1 unspecified atom stereocenters. The van der Waals surface area contributed by atoms with Crippen LogP contribution in [0.2, 0.25) is 0 Å². The average Bonchev–Trinajstić information content (AvgIpc) is 3.22. The molecule has 180 valence electrons. The standard InChI is InChI=1S/C27H26F5NO/c1-3-7-19(20-8-4-5-9-21(15-14-20)34-27(30,31)32)13-12-18(2)24-16-17-25(33-24)26-22(28)10-6-11-23(26)29/h3,5-7,9-15,24H,4,8,16-17H2,1-2H3/b7-3-,9-5-,18-12+,19-13+,20-14+,21-15+. The molecule has 0 saturated heterocycles. The SMILES string of the molecule is C\C=C/C(=C\C=C(/C)C1CCC(c2c(F)cccc2F)=N1)C1=C/C=C(OC(F)(F)F)\C=C/CC\1. The maximum absolute atomic E-state index is 14.1. The molecule has 1 aromatic rings. The molecule has 3 rings (SSSR count). The molecule has 0 amide bonds. The molecule has 0 N–H and O–H groups in total. The Bertz CT molecular complexity index is 1100. The van der Waals surface area contributed by atoms with Crippen molar-refractivity contribution in [1.82, 2.24) is 0 Å². The van der Waals surface area contributed by atoms with Crippen molar-refractivity contribution in [3.05, 3.63) is 106 Å². The second kappa shape index (κ2) is 11.3. The normalized spacial score (nSPS) is 24.1. The smallest absolute Gasteiger partial charge is 0.406 e. The van der Waals surface area contributed by atoms with Crippen molar-refractivity contribution in [3.8, 4) is 0 Å². The number of halogens is 5. The van der Waals surface area contributed by atoms with E-state index in [1.165, 1.54) is 30.4 Å². The highest BCUT2D eigenvalue weighted by Gasteiger charge is 2.31. The fourth-order valence-corrected chi connectivity index (χ4v) is 3.87. The quantitative estimate of drug-likeness (QED) is 0.301. The Morgan fingerprint density at radius 1 is 1.09 bits per heavy atom. The van der Waals surface area contributed by atoms with Crippen LogP contribution < -0.4 is 0 Å². The lowest BCUT2D eigenvalue weighted by Crippen LogP contribution is -2.12. The summed E-state index contributed by atoms with van der Waals surface area (Å²) in [6.07, 6.45) is 11.0. The molecule has 0 saturated carbocycles. The zero-order chi connectivity index (χ0) is 24.7. The maximum atomic E-state index is 14.1. The van der Waals surface area contributed by atoms with Gasteiger partial charge in [0.1, 0.15) is 17.4 Å². The highest BCUT2D eigenvalue weighted by Crippen LogP contribution is 2.28. The molecular weight excluding hydrogens is 449 g/mol. The molecule has 0 aromatic heterocycles. The number of aliphatic imine (C=N–C) groups is 1. The summed E-state index contributed by atoms with van der Waals surface area (Å²) in [6.45, 7) is 3.77. The summed E-state index contributed by atoms with van der Waals surface area (Å²) in [4.78, 5) is 4.55. The van der Waals surface area contributed by atoms with Crippen LogP contribution in [0.15, 0.2) is 94.3 Å². The summed E-state index contributed by atoms with van der Waals surface area (Å²) in [5.41, 5.74) is 2.99. The summed E-state index contributed by atoms with van der Waals surface area (Å²) in [6, 6.07) is 3.58. The van der Waals surface area contributed by atoms with Gasteiger partial charge in [-0.05, 0) is 80.5 Å². The molecule has 1 aliphatic heterocycles. The first-order valence-corrected chi connectivity index (χ1v) is 11.0. The topological polar surface area (TPSA) is 21.6 Å². The van der Waals surface area contributed by atoms with Gasteiger partial charge in [0, 0.05) is 5.71 Å². The van der Waals surface area contributed by atoms with Gasteiger partial charge in [0.15, 0.2) is 0 Å². The van der Waals surface area contributed by atoms with Gasteiger partial charge in [-0.15, -0.1) is 13.2 Å². The number of hydrogen-bond donors (Lipinski definition) is 0. The summed E-state index contributed by atoms with van der Waals surface area (Å²) < 4.78 is 70.0. The first kappa shape index (κ1) is 25.4. The van der Waals surface area contributed by atoms with Crippen LogP contribution in [0.3, 0.4) is 0 Å². The lowest BCUT2D eigenvalue weighted by Gasteiger charge is -2.13. The van der Waals surface area contributed by atoms with Crippen molar-refractivity contribution >= 4 is 5.71 Å². The number of rotatable bonds is 6. The van der Waals surface area contributed by atoms with Crippen molar-refractivity contribution in [1.29, 1.82) is 0 Å². The van der Waals surface area contributed by atoms with Crippen LogP contribution in [0.5, 0.6) is 0 Å². The minimum absolute atomic E-state index is 0.0701. The van der Waals surface area contributed by atoms with Gasteiger partial charge in [-0.3, -0.25) is 4.99 Å². The number of alkyl halides is 3. The van der Waals surface area contributed by atoms with Crippen molar-refractivity contribution < 1.29 is 26.7 Å². The molecule has 0 bridgehead atoms. The van der Waals surface area contributed by atoms with E-state index < -0.39 is 18.0 Å². The van der Waals surface area contributed by atoms with Gasteiger partial charge in [-0.1, -0.05) is 42.5 Å². The largest absolute Gasteiger partial charge is 0.573 e. The van der Waals surface area contributed by atoms with E-state index in [0.29, 0.717) is 31.4 Å². The predicted octanol–water partition coefficient (Wildman–Crippen LogP) is 8.06. The molecule has 2 aliphatic rings. The zero-order valence-electron chi connectivity index (χ0n) is 19.0. The minimum Gasteiger partial charge on any atom is -0.406 e. The van der Waals surface area contributed by atoms with Crippen LogP contribution in [0, 0.1) is 11.6 Å². The Balaban J connectivity index is 1.84. The number of allylic oxidation sites excluding steroid dienone is 10. The van der Waals surface area contributed by atoms with Crippen molar-refractivity contribution in [2.45, 2.75) is 51.9 Å². The Hall–Kier alpha value is -3.22. The highest BCUT2D eigenvalue weighted by atomic mass is 19.4. The first-order valence-electron chi connectivity index (χ1n) is 11.0. The molecule has 1 aromatic carbocycles. The van der Waals surface area contributed by atoms with Crippen molar-refractivity contribution in [3.63, 3.8) is 0 Å². The van der Waals surface area contributed by atoms with E-state index in [0.717, 1.165) is 16.7 Å². The Labute approximate surface area is 196 Å². The second-order valence-corrected chi connectivity index (χ2v) is 8.01. The minimum atomic E-state index is -4.75. The summed E-state index contributed by atoms with van der Waals surface area (Å²) in [7, 11) is 0. The molecule has 7 heteroatoms. The highest BCUT2D eigenvalue weighted by molar-refractivity contribution is 6.02. The third kappa shape index (κ3) is 6.89. The Morgan fingerprint density at radius 2 is 1.82 bits per heavy atom. The number of hydrogen-bond acceptors (Lipinski definition) is 2. The van der Waals surface area contributed by atoms with Gasteiger partial charge in [0.2, 0.25) is 0 Å². The van der Waals surface area contributed by atoms with Crippen LogP contribution in [0.1, 0.15) is 45.1 Å². The van der Waals surface area contributed by atoms with Gasteiger partial charge in [0.25, 0.3) is 0 Å². The van der Waals surface area contributed by atoms with E-state index in [9.17, 15) is 22.0 Å². The van der Waals surface area contributed by atoms with Crippen molar-refractivity contribution in [2.24, 2.45) is 4.99 Å². The monoisotopic (exact) mass is 475 g/mol. The Morgan fingerprint density at radius 3 is 2.50 bits per heavy atom. The lowest BCUT2D eigenvalue weighted by molar-refractivity contribution is -0.303. The zero-order valence-corrected chi connectivity index (χ0v) is 19.0. The number of nitrogens with zero attached hydrogens (tertiary/aromatic N) is 1. The molecule has 0 radical (unpaired) electrons. The van der Waals surface area contributed by atoms with E-state index in [4.69, 9.17) is 0 Å².